The minimum atomic E-state index is -2.66. The van der Waals surface area contributed by atoms with E-state index >= 15 is 0 Å². The molecule has 0 saturated heterocycles. The Morgan fingerprint density at radius 3 is 2.00 bits per heavy atom. The van der Waals surface area contributed by atoms with E-state index in [1.54, 1.807) is 11.9 Å². The quantitative estimate of drug-likeness (QED) is 0.731. The second kappa shape index (κ2) is 4.33. The first-order valence-corrected chi connectivity index (χ1v) is 4.43. The minimum absolute atomic E-state index is 0.211. The number of hydrogen-bond acceptors (Lipinski definition) is 2. The van der Waals surface area contributed by atoms with E-state index in [-0.39, 0.29) is 18.6 Å². The Morgan fingerprint density at radius 2 is 1.69 bits per heavy atom. The van der Waals surface area contributed by atoms with Gasteiger partial charge in [-0.1, -0.05) is 0 Å². The number of alkyl halides is 2. The van der Waals surface area contributed by atoms with Gasteiger partial charge in [0.1, 0.15) is 0 Å². The smallest absolute Gasteiger partial charge is 0.272 e. The highest BCUT2D eigenvalue weighted by Gasteiger charge is 2.32. The number of hydrogen-bond donors (Lipinski definition) is 1. The summed E-state index contributed by atoms with van der Waals surface area (Å²) in [7, 11) is 3.24. The first-order chi connectivity index (χ1) is 5.69. The van der Waals surface area contributed by atoms with Crippen LogP contribution in [0.4, 0.5) is 8.78 Å². The van der Waals surface area contributed by atoms with Crippen molar-refractivity contribution in [3.63, 3.8) is 0 Å². The van der Waals surface area contributed by atoms with Gasteiger partial charge >= 0.3 is 0 Å². The summed E-state index contributed by atoms with van der Waals surface area (Å²) in [5.41, 5.74) is -0.211. The van der Waals surface area contributed by atoms with Crippen molar-refractivity contribution in [2.24, 2.45) is 0 Å². The molecule has 0 unspecified atom stereocenters. The summed E-state index contributed by atoms with van der Waals surface area (Å²) in [6.45, 7) is 5.28. The number of halogens is 2. The van der Waals surface area contributed by atoms with Crippen LogP contribution >= 0.6 is 0 Å². The molecular weight excluding hydrogens is 174 g/mol. The topological polar surface area (TPSA) is 15.3 Å². The molecule has 13 heavy (non-hydrogen) atoms. The van der Waals surface area contributed by atoms with Crippen LogP contribution in [-0.4, -0.2) is 43.5 Å². The van der Waals surface area contributed by atoms with Gasteiger partial charge in [0.2, 0.25) is 0 Å². The van der Waals surface area contributed by atoms with Gasteiger partial charge in [-0.25, -0.2) is 8.78 Å². The number of rotatable bonds is 4. The Balaban J connectivity index is 4.11. The summed E-state index contributed by atoms with van der Waals surface area (Å²) in [5, 5.41) is 2.49. The maximum absolute atomic E-state index is 13.1. The molecule has 0 aliphatic carbocycles. The SMILES string of the molecule is CNCC(F)(F)CN(C)C(C)(C)C. The minimum Gasteiger partial charge on any atom is -0.314 e. The molecule has 0 rings (SSSR count). The summed E-state index contributed by atoms with van der Waals surface area (Å²) in [6, 6.07) is 0. The van der Waals surface area contributed by atoms with E-state index in [4.69, 9.17) is 0 Å². The molecule has 0 atom stereocenters. The molecular formula is C9H20F2N2. The lowest BCUT2D eigenvalue weighted by atomic mass is 10.1. The molecule has 0 bridgehead atoms. The van der Waals surface area contributed by atoms with Gasteiger partial charge < -0.3 is 5.32 Å². The summed E-state index contributed by atoms with van der Waals surface area (Å²) >= 11 is 0. The molecule has 4 heteroatoms. The van der Waals surface area contributed by atoms with Crippen LogP contribution in [0.5, 0.6) is 0 Å². The van der Waals surface area contributed by atoms with Crippen molar-refractivity contribution in [2.75, 3.05) is 27.2 Å². The molecule has 0 saturated carbocycles. The molecule has 0 aliphatic heterocycles. The van der Waals surface area contributed by atoms with Crippen molar-refractivity contribution < 1.29 is 8.78 Å². The molecule has 0 aliphatic rings. The van der Waals surface area contributed by atoms with E-state index < -0.39 is 5.92 Å². The highest BCUT2D eigenvalue weighted by atomic mass is 19.3. The zero-order valence-electron chi connectivity index (χ0n) is 9.12. The van der Waals surface area contributed by atoms with Gasteiger partial charge in [-0.3, -0.25) is 4.90 Å². The fourth-order valence-corrected chi connectivity index (χ4v) is 0.899. The van der Waals surface area contributed by atoms with Gasteiger partial charge in [0.15, 0.2) is 0 Å². The zero-order chi connectivity index (χ0) is 10.7. The molecule has 0 aromatic heterocycles. The predicted molar refractivity (Wildman–Crippen MR) is 51.3 cm³/mol. The van der Waals surface area contributed by atoms with E-state index in [2.05, 4.69) is 5.32 Å². The van der Waals surface area contributed by atoms with Crippen molar-refractivity contribution in [1.82, 2.24) is 10.2 Å². The summed E-state index contributed by atoms with van der Waals surface area (Å²) in [4.78, 5) is 1.66. The zero-order valence-corrected chi connectivity index (χ0v) is 9.12. The van der Waals surface area contributed by atoms with Crippen LogP contribution in [0, 0.1) is 0 Å². The molecule has 0 fully saturated rings. The molecule has 2 nitrogen and oxygen atoms in total. The van der Waals surface area contributed by atoms with E-state index in [0.29, 0.717) is 0 Å². The first-order valence-electron chi connectivity index (χ1n) is 4.43. The third-order valence-corrected chi connectivity index (χ3v) is 2.05. The van der Waals surface area contributed by atoms with Crippen molar-refractivity contribution in [3.05, 3.63) is 0 Å². The lowest BCUT2D eigenvalue weighted by Crippen LogP contribution is -2.48. The van der Waals surface area contributed by atoms with Gasteiger partial charge in [-0.2, -0.15) is 0 Å². The lowest BCUT2D eigenvalue weighted by Gasteiger charge is -2.34. The van der Waals surface area contributed by atoms with Crippen LogP contribution in [0.3, 0.4) is 0 Å². The van der Waals surface area contributed by atoms with Gasteiger partial charge in [-0.15, -0.1) is 0 Å². The molecule has 80 valence electrons. The van der Waals surface area contributed by atoms with E-state index in [9.17, 15) is 8.78 Å². The fourth-order valence-electron chi connectivity index (χ4n) is 0.899. The molecule has 0 amide bonds. The van der Waals surface area contributed by atoms with Gasteiger partial charge in [-0.05, 0) is 34.9 Å². The van der Waals surface area contributed by atoms with Crippen LogP contribution in [0.25, 0.3) is 0 Å². The Bertz CT molecular complexity index is 152. The monoisotopic (exact) mass is 194 g/mol. The Kier molecular flexibility index (Phi) is 4.26. The Morgan fingerprint density at radius 1 is 1.23 bits per heavy atom. The van der Waals surface area contributed by atoms with Crippen LogP contribution in [0.1, 0.15) is 20.8 Å². The van der Waals surface area contributed by atoms with Crippen molar-refractivity contribution in [2.45, 2.75) is 32.2 Å². The summed E-state index contributed by atoms with van der Waals surface area (Å²) < 4.78 is 26.2. The second-order valence-corrected chi connectivity index (χ2v) is 4.41. The summed E-state index contributed by atoms with van der Waals surface area (Å²) in [5.74, 6) is -2.66. The highest BCUT2D eigenvalue weighted by Crippen LogP contribution is 2.18. The van der Waals surface area contributed by atoms with Crippen LogP contribution < -0.4 is 5.32 Å². The molecule has 0 heterocycles. The second-order valence-electron chi connectivity index (χ2n) is 4.41. The summed E-state index contributed by atoms with van der Waals surface area (Å²) in [6.07, 6.45) is 0. The van der Waals surface area contributed by atoms with Crippen molar-refractivity contribution >= 4 is 0 Å². The molecule has 0 radical (unpaired) electrons. The maximum atomic E-state index is 13.1. The highest BCUT2D eigenvalue weighted by molar-refractivity contribution is 4.80. The van der Waals surface area contributed by atoms with Gasteiger partial charge in [0.25, 0.3) is 5.92 Å². The Labute approximate surface area is 79.3 Å². The third-order valence-electron chi connectivity index (χ3n) is 2.05. The molecule has 0 aromatic carbocycles. The predicted octanol–water partition coefficient (Wildman–Crippen LogP) is 1.57. The molecule has 0 spiro atoms. The van der Waals surface area contributed by atoms with Crippen molar-refractivity contribution in [1.29, 1.82) is 0 Å². The standard InChI is InChI=1S/C9H20F2N2/c1-8(2,3)13(5)7-9(10,11)6-12-4/h12H,6-7H2,1-5H3. The van der Waals surface area contributed by atoms with Gasteiger partial charge in [0, 0.05) is 5.54 Å². The first kappa shape index (κ1) is 12.8. The average molecular weight is 194 g/mol. The molecule has 0 aromatic rings. The average Bonchev–Trinajstić information content (AvgIpc) is 1.83. The Hall–Kier alpha value is -0.220. The molecule has 1 N–H and O–H groups in total. The van der Waals surface area contributed by atoms with E-state index in [0.717, 1.165) is 0 Å². The number of nitrogens with zero attached hydrogens (tertiary/aromatic N) is 1. The van der Waals surface area contributed by atoms with Crippen LogP contribution in [0.2, 0.25) is 0 Å². The van der Waals surface area contributed by atoms with E-state index in [1.165, 1.54) is 7.05 Å². The number of nitrogens with one attached hydrogen (secondary N) is 1. The normalized spacial score (nSPS) is 13.8. The third kappa shape index (κ3) is 5.16. The van der Waals surface area contributed by atoms with Crippen LogP contribution in [0.15, 0.2) is 0 Å². The van der Waals surface area contributed by atoms with Gasteiger partial charge in [0.05, 0.1) is 13.1 Å². The largest absolute Gasteiger partial charge is 0.314 e. The maximum Gasteiger partial charge on any atom is 0.272 e. The fraction of sp³-hybridized carbons (Fsp3) is 1.00. The van der Waals surface area contributed by atoms with E-state index in [1.807, 2.05) is 20.8 Å². The van der Waals surface area contributed by atoms with Crippen molar-refractivity contribution in [3.8, 4) is 0 Å². The van der Waals surface area contributed by atoms with Crippen LogP contribution in [-0.2, 0) is 0 Å². The lowest BCUT2D eigenvalue weighted by molar-refractivity contribution is -0.0419.